The highest BCUT2D eigenvalue weighted by atomic mass is 35.5. The van der Waals surface area contributed by atoms with Crippen LogP contribution in [0.3, 0.4) is 0 Å². The maximum Gasteiger partial charge on any atom is 0.232 e. The van der Waals surface area contributed by atoms with Gasteiger partial charge in [0.25, 0.3) is 0 Å². The zero-order chi connectivity index (χ0) is 20.4. The first kappa shape index (κ1) is 24.8. The summed E-state index contributed by atoms with van der Waals surface area (Å²) in [6.45, 7) is 5.73. The number of nitrogens with one attached hydrogen (secondary N) is 1. The lowest BCUT2D eigenvalue weighted by atomic mass is 9.74. The molecular weight excluding hydrogens is 441 g/mol. The lowest BCUT2D eigenvalue weighted by molar-refractivity contribution is -0.123. The van der Waals surface area contributed by atoms with Crippen molar-refractivity contribution in [2.24, 2.45) is 5.92 Å². The van der Waals surface area contributed by atoms with Gasteiger partial charge in [0.15, 0.2) is 0 Å². The molecule has 0 saturated carbocycles. The molecule has 2 saturated heterocycles. The third kappa shape index (κ3) is 4.89. The molecule has 2 aliphatic heterocycles. The molecule has 1 spiro atoms. The second-order valence-electron chi connectivity index (χ2n) is 8.95. The number of piperidine rings is 1. The van der Waals surface area contributed by atoms with Crippen molar-refractivity contribution in [2.75, 3.05) is 44.2 Å². The summed E-state index contributed by atoms with van der Waals surface area (Å²) in [4.78, 5) is 17.5. The van der Waals surface area contributed by atoms with E-state index in [1.54, 1.807) is 0 Å². The van der Waals surface area contributed by atoms with E-state index in [9.17, 15) is 4.79 Å². The Labute approximate surface area is 203 Å². The van der Waals surface area contributed by atoms with E-state index in [1.165, 1.54) is 24.0 Å². The number of para-hydroxylation sites is 1. The number of fused-ring (bicyclic) bond motifs is 2. The van der Waals surface area contributed by atoms with Crippen LogP contribution in [0, 0.1) is 5.92 Å². The third-order valence-corrected chi connectivity index (χ3v) is 7.15. The van der Waals surface area contributed by atoms with Gasteiger partial charge in [-0.1, -0.05) is 54.6 Å². The molecule has 6 heteroatoms. The predicted molar refractivity (Wildman–Crippen MR) is 137 cm³/mol. The second kappa shape index (κ2) is 10.8. The van der Waals surface area contributed by atoms with Crippen LogP contribution in [0.5, 0.6) is 0 Å². The van der Waals surface area contributed by atoms with E-state index in [4.69, 9.17) is 0 Å². The second-order valence-corrected chi connectivity index (χ2v) is 8.95. The minimum atomic E-state index is 0. The van der Waals surface area contributed by atoms with Gasteiger partial charge in [-0.05, 0) is 62.2 Å². The van der Waals surface area contributed by atoms with E-state index < -0.39 is 0 Å². The van der Waals surface area contributed by atoms with Crippen molar-refractivity contribution in [3.63, 3.8) is 0 Å². The first-order valence-electron chi connectivity index (χ1n) is 11.3. The van der Waals surface area contributed by atoms with Crippen LogP contribution in [-0.2, 0) is 10.2 Å². The van der Waals surface area contributed by atoms with E-state index in [0.717, 1.165) is 51.4 Å². The Morgan fingerprint density at radius 3 is 2.38 bits per heavy atom. The van der Waals surface area contributed by atoms with Crippen LogP contribution in [0.2, 0.25) is 0 Å². The van der Waals surface area contributed by atoms with E-state index in [2.05, 4.69) is 58.8 Å². The number of rotatable bonds is 6. The van der Waals surface area contributed by atoms with Gasteiger partial charge in [-0.25, -0.2) is 0 Å². The summed E-state index contributed by atoms with van der Waals surface area (Å²) in [5.41, 5.74) is 4.18. The summed E-state index contributed by atoms with van der Waals surface area (Å²) in [6.07, 6.45) is 8.15. The van der Waals surface area contributed by atoms with Gasteiger partial charge in [-0.3, -0.25) is 4.79 Å². The van der Waals surface area contributed by atoms with E-state index >= 15 is 0 Å². The van der Waals surface area contributed by atoms with Gasteiger partial charge < -0.3 is 15.1 Å². The molecule has 32 heavy (non-hydrogen) atoms. The molecule has 5 rings (SSSR count). The Morgan fingerprint density at radius 1 is 1.00 bits per heavy atom. The number of likely N-dealkylation sites (tertiary alicyclic amines) is 1. The van der Waals surface area contributed by atoms with Crippen molar-refractivity contribution in [3.8, 4) is 0 Å². The summed E-state index contributed by atoms with van der Waals surface area (Å²) in [7, 11) is 0. The lowest BCUT2D eigenvalue weighted by Gasteiger charge is -2.39. The monoisotopic (exact) mass is 473 g/mol. The average Bonchev–Trinajstić information content (AvgIpc) is 3.10. The lowest BCUT2D eigenvalue weighted by Crippen LogP contribution is -2.52. The zero-order valence-electron chi connectivity index (χ0n) is 18.4. The first-order valence-corrected chi connectivity index (χ1v) is 11.3. The summed E-state index contributed by atoms with van der Waals surface area (Å²) in [6, 6.07) is 19.0. The van der Waals surface area contributed by atoms with Gasteiger partial charge in [0.1, 0.15) is 0 Å². The highest BCUT2D eigenvalue weighted by Crippen LogP contribution is 2.43. The van der Waals surface area contributed by atoms with E-state index in [1.807, 2.05) is 23.1 Å². The van der Waals surface area contributed by atoms with E-state index in [-0.39, 0.29) is 42.1 Å². The SMILES string of the molecule is Cl.Cl.O=C(C1CNC1)N(CCCN1CCC2(C=Cc3ccccc32)CC1)c1ccccc1. The molecule has 3 aliphatic rings. The maximum atomic E-state index is 13.0. The highest BCUT2D eigenvalue weighted by Gasteiger charge is 2.37. The number of hydrogen-bond acceptors (Lipinski definition) is 3. The van der Waals surface area contributed by atoms with Crippen LogP contribution in [0.1, 0.15) is 30.4 Å². The minimum Gasteiger partial charge on any atom is -0.315 e. The fraction of sp³-hybridized carbons (Fsp3) is 0.423. The first-order chi connectivity index (χ1) is 14.8. The predicted octanol–water partition coefficient (Wildman–Crippen LogP) is 4.53. The molecule has 172 valence electrons. The number of hydrogen-bond donors (Lipinski definition) is 1. The van der Waals surface area contributed by atoms with Crippen molar-refractivity contribution in [3.05, 3.63) is 71.8 Å². The number of amides is 1. The van der Waals surface area contributed by atoms with Crippen molar-refractivity contribution in [1.82, 2.24) is 10.2 Å². The Balaban J connectivity index is 0.00000144. The molecule has 2 fully saturated rings. The summed E-state index contributed by atoms with van der Waals surface area (Å²) < 4.78 is 0. The number of halogens is 2. The van der Waals surface area contributed by atoms with Crippen molar-refractivity contribution < 1.29 is 4.79 Å². The van der Waals surface area contributed by atoms with Crippen molar-refractivity contribution in [2.45, 2.75) is 24.7 Å². The molecule has 0 unspecified atom stereocenters. The molecule has 4 nitrogen and oxygen atoms in total. The smallest absolute Gasteiger partial charge is 0.232 e. The quantitative estimate of drug-likeness (QED) is 0.668. The Kier molecular flexibility index (Phi) is 8.40. The van der Waals surface area contributed by atoms with Crippen molar-refractivity contribution >= 4 is 42.5 Å². The van der Waals surface area contributed by atoms with Crippen LogP contribution in [0.15, 0.2) is 60.7 Å². The zero-order valence-corrected chi connectivity index (χ0v) is 20.0. The molecule has 1 N–H and O–H groups in total. The molecule has 0 bridgehead atoms. The van der Waals surface area contributed by atoms with Gasteiger partial charge in [-0.15, -0.1) is 24.8 Å². The van der Waals surface area contributed by atoms with Crippen molar-refractivity contribution in [1.29, 1.82) is 0 Å². The van der Waals surface area contributed by atoms with Crippen LogP contribution >= 0.6 is 24.8 Å². The van der Waals surface area contributed by atoms with E-state index in [0.29, 0.717) is 0 Å². The summed E-state index contributed by atoms with van der Waals surface area (Å²) >= 11 is 0. The molecule has 0 aromatic heterocycles. The molecule has 0 atom stereocenters. The number of carbonyl (C=O) groups is 1. The Hall–Kier alpha value is -1.85. The average molecular weight is 474 g/mol. The molecule has 1 aliphatic carbocycles. The van der Waals surface area contributed by atoms with Gasteiger partial charge in [0.2, 0.25) is 5.91 Å². The Bertz CT molecular complexity index is 922. The maximum absolute atomic E-state index is 13.0. The highest BCUT2D eigenvalue weighted by molar-refractivity contribution is 5.95. The summed E-state index contributed by atoms with van der Waals surface area (Å²) in [5.74, 6) is 0.402. The van der Waals surface area contributed by atoms with Crippen LogP contribution in [-0.4, -0.2) is 50.1 Å². The van der Waals surface area contributed by atoms with Crippen LogP contribution in [0.4, 0.5) is 5.69 Å². The van der Waals surface area contributed by atoms with Gasteiger partial charge >= 0.3 is 0 Å². The van der Waals surface area contributed by atoms with Gasteiger partial charge in [0, 0.05) is 30.7 Å². The fourth-order valence-corrected chi connectivity index (χ4v) is 5.16. The number of carbonyl (C=O) groups excluding carboxylic acids is 1. The number of allylic oxidation sites excluding steroid dienone is 1. The largest absolute Gasteiger partial charge is 0.315 e. The molecule has 1 amide bonds. The van der Waals surface area contributed by atoms with Gasteiger partial charge in [-0.2, -0.15) is 0 Å². The number of nitrogens with zero attached hydrogens (tertiary/aromatic N) is 2. The Morgan fingerprint density at radius 2 is 1.69 bits per heavy atom. The molecular formula is C26H33Cl2N3O. The minimum absolute atomic E-state index is 0. The molecule has 2 aromatic rings. The molecule has 2 aromatic carbocycles. The van der Waals surface area contributed by atoms with Crippen LogP contribution < -0.4 is 10.2 Å². The number of anilines is 1. The molecule has 0 radical (unpaired) electrons. The van der Waals surface area contributed by atoms with Gasteiger partial charge in [0.05, 0.1) is 5.92 Å². The normalized spacial score (nSPS) is 18.9. The fourth-order valence-electron chi connectivity index (χ4n) is 5.16. The topological polar surface area (TPSA) is 35.6 Å². The molecule has 2 heterocycles. The van der Waals surface area contributed by atoms with Crippen LogP contribution in [0.25, 0.3) is 6.08 Å². The number of benzene rings is 2. The third-order valence-electron chi connectivity index (χ3n) is 7.15. The summed E-state index contributed by atoms with van der Waals surface area (Å²) in [5, 5.41) is 3.23. The standard InChI is InChI=1S/C26H31N3O.2ClH/c30-25(22-19-27-20-22)29(23-8-2-1-3-9-23)16-6-15-28-17-13-26(14-18-28)12-11-21-7-4-5-10-24(21)26;;/h1-5,7-12,22,27H,6,13-20H2;2*1H.